The van der Waals surface area contributed by atoms with Crippen molar-refractivity contribution in [1.29, 1.82) is 0 Å². The molecule has 1 aliphatic rings. The number of alkyl halides is 3. The molecule has 6 heteroatoms. The number of halogens is 4. The zero-order chi connectivity index (χ0) is 16.6. The maximum absolute atomic E-state index is 12.9. The Morgan fingerprint density at radius 1 is 1.04 bits per heavy atom. The minimum absolute atomic E-state index is 0.138. The van der Waals surface area contributed by atoms with Gasteiger partial charge in [-0.05, 0) is 42.2 Å². The molecule has 0 aliphatic heterocycles. The van der Waals surface area contributed by atoms with Crippen molar-refractivity contribution in [2.45, 2.75) is 18.5 Å². The quantitative estimate of drug-likeness (QED) is 0.470. The molecule has 0 bridgehead atoms. The van der Waals surface area contributed by atoms with Crippen molar-refractivity contribution in [2.75, 3.05) is 0 Å². The second-order valence-corrected chi connectivity index (χ2v) is 5.42. The van der Waals surface area contributed by atoms with Gasteiger partial charge in [-0.15, -0.1) is 0 Å². The fraction of sp³-hybridized carbons (Fsp3) is 0.235. The minimum atomic E-state index is -4.59. The summed E-state index contributed by atoms with van der Waals surface area (Å²) >= 11 is 0. The highest BCUT2D eigenvalue weighted by Crippen LogP contribution is 2.48. The number of esters is 1. The Kier molecular flexibility index (Phi) is 3.83. The summed E-state index contributed by atoms with van der Waals surface area (Å²) in [5.41, 5.74) is -0.204. The number of benzene rings is 2. The van der Waals surface area contributed by atoms with Crippen LogP contribution in [0.15, 0.2) is 48.5 Å². The van der Waals surface area contributed by atoms with E-state index in [1.54, 1.807) is 12.1 Å². The van der Waals surface area contributed by atoms with E-state index >= 15 is 0 Å². The Morgan fingerprint density at radius 2 is 1.70 bits per heavy atom. The topological polar surface area (TPSA) is 26.3 Å². The van der Waals surface area contributed by atoms with Gasteiger partial charge in [0.05, 0.1) is 11.5 Å². The van der Waals surface area contributed by atoms with Crippen LogP contribution < -0.4 is 4.74 Å². The van der Waals surface area contributed by atoms with Gasteiger partial charge >= 0.3 is 12.1 Å². The number of carbonyl (C=O) groups is 1. The van der Waals surface area contributed by atoms with Crippen molar-refractivity contribution in [1.82, 2.24) is 0 Å². The highest BCUT2D eigenvalue weighted by molar-refractivity contribution is 5.80. The van der Waals surface area contributed by atoms with Gasteiger partial charge in [0, 0.05) is 0 Å². The average Bonchev–Trinajstić information content (AvgIpc) is 3.28. The Morgan fingerprint density at radius 3 is 2.35 bits per heavy atom. The van der Waals surface area contributed by atoms with E-state index in [1.807, 2.05) is 0 Å². The first-order chi connectivity index (χ1) is 10.9. The van der Waals surface area contributed by atoms with E-state index in [2.05, 4.69) is 0 Å². The van der Waals surface area contributed by atoms with Gasteiger partial charge in [0.25, 0.3) is 0 Å². The molecule has 120 valence electrons. The normalized spacial score (nSPS) is 20.2. The lowest BCUT2D eigenvalue weighted by atomic mass is 10.1. The van der Waals surface area contributed by atoms with Gasteiger partial charge < -0.3 is 4.74 Å². The molecule has 2 aromatic rings. The van der Waals surface area contributed by atoms with Gasteiger partial charge in [0.1, 0.15) is 11.6 Å². The highest BCUT2D eigenvalue weighted by atomic mass is 19.4. The standard InChI is InChI=1S/C17H12F4O2/c18-11-7-5-10(6-8-11)12-9-13(12)16(22)23-15-4-2-1-3-14(15)17(19,20)21/h1-8,12-13H,9H2. The second kappa shape index (κ2) is 5.68. The average molecular weight is 324 g/mol. The summed E-state index contributed by atoms with van der Waals surface area (Å²) in [6, 6.07) is 10.3. The van der Waals surface area contributed by atoms with Gasteiger partial charge in [-0.2, -0.15) is 13.2 Å². The number of carbonyl (C=O) groups excluding carboxylic acids is 1. The molecule has 1 saturated carbocycles. The van der Waals surface area contributed by atoms with E-state index < -0.39 is 29.4 Å². The maximum Gasteiger partial charge on any atom is 0.419 e. The van der Waals surface area contributed by atoms with E-state index in [4.69, 9.17) is 4.74 Å². The van der Waals surface area contributed by atoms with Crippen LogP contribution in [0.25, 0.3) is 0 Å². The van der Waals surface area contributed by atoms with Crippen molar-refractivity contribution in [3.63, 3.8) is 0 Å². The molecule has 3 rings (SSSR count). The van der Waals surface area contributed by atoms with Crippen molar-refractivity contribution < 1.29 is 27.1 Å². The van der Waals surface area contributed by atoms with Crippen LogP contribution in [0.4, 0.5) is 17.6 Å². The third-order valence-corrected chi connectivity index (χ3v) is 3.79. The first-order valence-corrected chi connectivity index (χ1v) is 6.99. The van der Waals surface area contributed by atoms with Crippen LogP contribution in [-0.2, 0) is 11.0 Å². The van der Waals surface area contributed by atoms with Gasteiger partial charge in [-0.25, -0.2) is 4.39 Å². The molecule has 1 aliphatic carbocycles. The van der Waals surface area contributed by atoms with Gasteiger partial charge in [-0.1, -0.05) is 24.3 Å². The molecule has 23 heavy (non-hydrogen) atoms. The lowest BCUT2D eigenvalue weighted by Crippen LogP contribution is -2.15. The Labute approximate surface area is 129 Å². The van der Waals surface area contributed by atoms with E-state index in [0.29, 0.717) is 6.42 Å². The van der Waals surface area contributed by atoms with E-state index in [0.717, 1.165) is 17.7 Å². The number of hydrogen-bond donors (Lipinski definition) is 0. The second-order valence-electron chi connectivity index (χ2n) is 5.42. The molecule has 2 unspecified atom stereocenters. The van der Waals surface area contributed by atoms with Crippen molar-refractivity contribution >= 4 is 5.97 Å². The molecule has 0 spiro atoms. The SMILES string of the molecule is O=C(Oc1ccccc1C(F)(F)F)C1CC1c1ccc(F)cc1. The molecule has 2 atom stereocenters. The summed E-state index contributed by atoms with van der Waals surface area (Å²) < 4.78 is 56.4. The predicted molar refractivity (Wildman–Crippen MR) is 74.3 cm³/mol. The molecule has 1 fully saturated rings. The zero-order valence-electron chi connectivity index (χ0n) is 11.8. The third kappa shape index (κ3) is 3.36. The lowest BCUT2D eigenvalue weighted by molar-refractivity contribution is -0.143. The van der Waals surface area contributed by atoms with Crippen molar-refractivity contribution in [2.24, 2.45) is 5.92 Å². The fourth-order valence-corrected chi connectivity index (χ4v) is 2.51. The van der Waals surface area contributed by atoms with E-state index in [1.165, 1.54) is 24.3 Å². The number of hydrogen-bond acceptors (Lipinski definition) is 2. The Bertz CT molecular complexity index is 722. The predicted octanol–water partition coefficient (Wildman–Crippen LogP) is 4.55. The van der Waals surface area contributed by atoms with Crippen LogP contribution >= 0.6 is 0 Å². The Balaban J connectivity index is 1.71. The highest BCUT2D eigenvalue weighted by Gasteiger charge is 2.46. The molecule has 0 radical (unpaired) electrons. The molecule has 2 aromatic carbocycles. The van der Waals surface area contributed by atoms with Gasteiger partial charge in [-0.3, -0.25) is 4.79 Å². The van der Waals surface area contributed by atoms with Crippen LogP contribution in [0.1, 0.15) is 23.5 Å². The summed E-state index contributed by atoms with van der Waals surface area (Å²) in [4.78, 5) is 12.0. The van der Waals surface area contributed by atoms with Crippen LogP contribution in [0.2, 0.25) is 0 Å². The third-order valence-electron chi connectivity index (χ3n) is 3.79. The van der Waals surface area contributed by atoms with Crippen LogP contribution in [0.3, 0.4) is 0 Å². The smallest absolute Gasteiger partial charge is 0.419 e. The first-order valence-electron chi connectivity index (χ1n) is 6.99. The van der Waals surface area contributed by atoms with Crippen LogP contribution in [0, 0.1) is 11.7 Å². The first kappa shape index (κ1) is 15.5. The fourth-order valence-electron chi connectivity index (χ4n) is 2.51. The summed E-state index contributed by atoms with van der Waals surface area (Å²) in [6.07, 6.45) is -4.10. The van der Waals surface area contributed by atoms with E-state index in [9.17, 15) is 22.4 Å². The number of para-hydroxylation sites is 1. The molecular formula is C17H12F4O2. The molecule has 0 heterocycles. The van der Waals surface area contributed by atoms with Gasteiger partial charge in [0.15, 0.2) is 0 Å². The Hall–Kier alpha value is -2.37. The molecular weight excluding hydrogens is 312 g/mol. The molecule has 0 N–H and O–H groups in total. The molecule has 0 amide bonds. The van der Waals surface area contributed by atoms with Crippen LogP contribution in [0.5, 0.6) is 5.75 Å². The molecule has 0 saturated heterocycles. The molecule has 2 nitrogen and oxygen atoms in total. The summed E-state index contributed by atoms with van der Waals surface area (Å²) in [6.45, 7) is 0. The summed E-state index contributed by atoms with van der Waals surface area (Å²) in [7, 11) is 0. The zero-order valence-corrected chi connectivity index (χ0v) is 11.8. The maximum atomic E-state index is 12.9. The summed E-state index contributed by atoms with van der Waals surface area (Å²) in [5, 5.41) is 0. The minimum Gasteiger partial charge on any atom is -0.426 e. The van der Waals surface area contributed by atoms with Crippen molar-refractivity contribution in [3.8, 4) is 5.75 Å². The largest absolute Gasteiger partial charge is 0.426 e. The number of ether oxygens (including phenoxy) is 1. The monoisotopic (exact) mass is 324 g/mol. The molecule has 0 aromatic heterocycles. The summed E-state index contributed by atoms with van der Waals surface area (Å²) in [5.74, 6) is -2.21. The lowest BCUT2D eigenvalue weighted by Gasteiger charge is -2.12. The van der Waals surface area contributed by atoms with Crippen LogP contribution in [-0.4, -0.2) is 5.97 Å². The van der Waals surface area contributed by atoms with Gasteiger partial charge in [0.2, 0.25) is 0 Å². The van der Waals surface area contributed by atoms with Crippen molar-refractivity contribution in [3.05, 3.63) is 65.5 Å². The van der Waals surface area contributed by atoms with E-state index in [-0.39, 0.29) is 11.7 Å². The number of rotatable bonds is 3.